The van der Waals surface area contributed by atoms with Crippen molar-refractivity contribution < 1.29 is 14.7 Å². The Balaban J connectivity index is 2.38. The molecule has 0 saturated heterocycles. The molecule has 0 spiro atoms. The summed E-state index contributed by atoms with van der Waals surface area (Å²) in [7, 11) is 0. The number of thiazole rings is 1. The van der Waals surface area contributed by atoms with E-state index in [0.29, 0.717) is 18.7 Å². The second-order valence-corrected chi connectivity index (χ2v) is 3.90. The molecule has 1 amide bonds. The first-order valence-electron chi connectivity index (χ1n) is 4.67. The maximum Gasteiger partial charge on any atom is 0.216 e. The van der Waals surface area contributed by atoms with Crippen LogP contribution in [0.15, 0.2) is 11.5 Å². The number of carbonyl (C=O) groups is 2. The molecule has 1 heterocycles. The highest BCUT2D eigenvalue weighted by atomic mass is 32.1. The highest BCUT2D eigenvalue weighted by molar-refractivity contribution is 7.11. The molecule has 0 fully saturated rings. The lowest BCUT2D eigenvalue weighted by molar-refractivity contribution is -0.255. The Bertz CT molecular complexity index is 412. The van der Waals surface area contributed by atoms with Gasteiger partial charge in [0.1, 0.15) is 11.0 Å². The number of aromatic carboxylic acids is 1. The summed E-state index contributed by atoms with van der Waals surface area (Å²) in [5, 5.41) is 14.7. The first kappa shape index (κ1) is 12.4. The molecule has 0 atom stereocenters. The number of nitrogens with zero attached hydrogens (tertiary/aromatic N) is 1. The van der Waals surface area contributed by atoms with Crippen LogP contribution in [0.1, 0.15) is 28.8 Å². The summed E-state index contributed by atoms with van der Waals surface area (Å²) in [6.45, 7) is 2.01. The minimum Gasteiger partial charge on any atom is -0.542 e. The standard InChI is InChI=1S/C10H12N2O3S/c1-7(13)11-5-3-2-4-8-6-16-9(12-8)10(14)15/h2,4,6H,3,5H2,1H3,(H,11,13)(H,14,15)/p-1. The van der Waals surface area contributed by atoms with E-state index in [1.807, 2.05) is 6.08 Å². The maximum atomic E-state index is 10.5. The van der Waals surface area contributed by atoms with Gasteiger partial charge < -0.3 is 15.2 Å². The van der Waals surface area contributed by atoms with E-state index in [1.165, 1.54) is 6.92 Å². The van der Waals surface area contributed by atoms with Gasteiger partial charge in [0, 0.05) is 18.8 Å². The first-order valence-corrected chi connectivity index (χ1v) is 5.55. The summed E-state index contributed by atoms with van der Waals surface area (Å²) in [5.74, 6) is -1.33. The van der Waals surface area contributed by atoms with E-state index in [-0.39, 0.29) is 10.9 Å². The van der Waals surface area contributed by atoms with Crippen molar-refractivity contribution in [2.24, 2.45) is 0 Å². The molecule has 6 heteroatoms. The Kier molecular flexibility index (Phi) is 4.65. The van der Waals surface area contributed by atoms with E-state index >= 15 is 0 Å². The van der Waals surface area contributed by atoms with E-state index in [9.17, 15) is 14.7 Å². The molecule has 0 radical (unpaired) electrons. The fraction of sp³-hybridized carbons (Fsp3) is 0.300. The van der Waals surface area contributed by atoms with Crippen LogP contribution in [0.4, 0.5) is 0 Å². The van der Waals surface area contributed by atoms with Crippen molar-refractivity contribution in [3.63, 3.8) is 0 Å². The van der Waals surface area contributed by atoms with Crippen molar-refractivity contribution in [3.05, 3.63) is 22.2 Å². The largest absolute Gasteiger partial charge is 0.542 e. The predicted octanol–water partition coefficient (Wildman–Crippen LogP) is 0.0460. The minimum atomic E-state index is -1.26. The van der Waals surface area contributed by atoms with Gasteiger partial charge in [0.2, 0.25) is 5.91 Å². The average Bonchev–Trinajstić information content (AvgIpc) is 2.65. The van der Waals surface area contributed by atoms with Gasteiger partial charge in [0.25, 0.3) is 0 Å². The Morgan fingerprint density at radius 1 is 1.62 bits per heavy atom. The van der Waals surface area contributed by atoms with Gasteiger partial charge in [0.15, 0.2) is 0 Å². The monoisotopic (exact) mass is 239 g/mol. The second-order valence-electron chi connectivity index (χ2n) is 3.04. The van der Waals surface area contributed by atoms with E-state index in [1.54, 1.807) is 11.5 Å². The zero-order valence-electron chi connectivity index (χ0n) is 8.73. The molecule has 0 aliphatic carbocycles. The molecule has 0 aliphatic heterocycles. The summed E-state index contributed by atoms with van der Waals surface area (Å²) in [6, 6.07) is 0. The third kappa shape index (κ3) is 4.22. The van der Waals surface area contributed by atoms with E-state index in [0.717, 1.165) is 11.3 Å². The van der Waals surface area contributed by atoms with Crippen molar-refractivity contribution in [2.45, 2.75) is 13.3 Å². The first-order chi connectivity index (χ1) is 7.59. The molecule has 0 bridgehead atoms. The van der Waals surface area contributed by atoms with Crippen LogP contribution in [-0.2, 0) is 4.79 Å². The molecule has 1 aromatic heterocycles. The molecule has 0 unspecified atom stereocenters. The van der Waals surface area contributed by atoms with Gasteiger partial charge in [-0.25, -0.2) is 4.98 Å². The van der Waals surface area contributed by atoms with Crippen molar-refractivity contribution in [3.8, 4) is 0 Å². The van der Waals surface area contributed by atoms with Crippen LogP contribution in [0, 0.1) is 0 Å². The number of carbonyl (C=O) groups excluding carboxylic acids is 2. The van der Waals surface area contributed by atoms with Crippen molar-refractivity contribution in [2.75, 3.05) is 6.54 Å². The molecule has 5 nitrogen and oxygen atoms in total. The predicted molar refractivity (Wildman–Crippen MR) is 58.8 cm³/mol. The fourth-order valence-corrected chi connectivity index (χ4v) is 1.61. The smallest absolute Gasteiger partial charge is 0.216 e. The number of amides is 1. The summed E-state index contributed by atoms with van der Waals surface area (Å²) in [6.07, 6.45) is 4.21. The van der Waals surface area contributed by atoms with E-state index in [2.05, 4.69) is 10.3 Å². The van der Waals surface area contributed by atoms with Gasteiger partial charge in [-0.05, 0) is 12.5 Å². The Morgan fingerprint density at radius 3 is 2.94 bits per heavy atom. The molecule has 16 heavy (non-hydrogen) atoms. The molecule has 0 aliphatic rings. The average molecular weight is 239 g/mol. The van der Waals surface area contributed by atoms with Crippen LogP contribution >= 0.6 is 11.3 Å². The molecule has 86 valence electrons. The Morgan fingerprint density at radius 2 is 2.38 bits per heavy atom. The number of carboxylic acids is 1. The number of nitrogens with one attached hydrogen (secondary N) is 1. The van der Waals surface area contributed by atoms with Crippen molar-refractivity contribution >= 4 is 29.3 Å². The lowest BCUT2D eigenvalue weighted by atomic mass is 10.3. The number of carboxylic acid groups (broad SMARTS) is 1. The molecule has 0 aromatic carbocycles. The minimum absolute atomic E-state index is 0.0264. The van der Waals surface area contributed by atoms with Crippen LogP contribution in [0.5, 0.6) is 0 Å². The lowest BCUT2D eigenvalue weighted by Crippen LogP contribution is -2.21. The lowest BCUT2D eigenvalue weighted by Gasteiger charge is -1.96. The highest BCUT2D eigenvalue weighted by Crippen LogP contribution is 2.10. The topological polar surface area (TPSA) is 82.1 Å². The van der Waals surface area contributed by atoms with Gasteiger partial charge in [-0.3, -0.25) is 4.79 Å². The summed E-state index contributed by atoms with van der Waals surface area (Å²) < 4.78 is 0. The maximum absolute atomic E-state index is 10.5. The normalized spacial score (nSPS) is 10.6. The van der Waals surface area contributed by atoms with Gasteiger partial charge in [0.05, 0.1) is 5.69 Å². The molecule has 1 aromatic rings. The molecular formula is C10H11N2O3S-. The number of aromatic nitrogens is 1. The van der Waals surface area contributed by atoms with Crippen LogP contribution in [-0.4, -0.2) is 23.4 Å². The Hall–Kier alpha value is -1.69. The van der Waals surface area contributed by atoms with Crippen molar-refractivity contribution in [1.29, 1.82) is 0 Å². The Labute approximate surface area is 96.8 Å². The zero-order chi connectivity index (χ0) is 12.0. The van der Waals surface area contributed by atoms with Crippen LogP contribution in [0.25, 0.3) is 6.08 Å². The summed E-state index contributed by atoms with van der Waals surface area (Å²) >= 11 is 1.03. The number of rotatable bonds is 5. The number of hydrogen-bond acceptors (Lipinski definition) is 5. The van der Waals surface area contributed by atoms with E-state index < -0.39 is 5.97 Å². The summed E-state index contributed by atoms with van der Waals surface area (Å²) in [4.78, 5) is 24.8. The van der Waals surface area contributed by atoms with Crippen LogP contribution in [0.2, 0.25) is 0 Å². The quantitative estimate of drug-likeness (QED) is 0.736. The van der Waals surface area contributed by atoms with Gasteiger partial charge in [-0.15, -0.1) is 11.3 Å². The van der Waals surface area contributed by atoms with Crippen molar-refractivity contribution in [1.82, 2.24) is 10.3 Å². The third-order valence-corrected chi connectivity index (χ3v) is 2.51. The summed E-state index contributed by atoms with van der Waals surface area (Å²) in [5.41, 5.74) is 0.590. The highest BCUT2D eigenvalue weighted by Gasteiger charge is 1.98. The van der Waals surface area contributed by atoms with Gasteiger partial charge in [-0.1, -0.05) is 6.08 Å². The number of hydrogen-bond donors (Lipinski definition) is 1. The molecule has 0 saturated carbocycles. The SMILES string of the molecule is CC(=O)NCCC=Cc1csc(C(=O)[O-])n1. The van der Waals surface area contributed by atoms with Gasteiger partial charge in [-0.2, -0.15) is 0 Å². The third-order valence-electron chi connectivity index (χ3n) is 1.67. The fourth-order valence-electron chi connectivity index (χ4n) is 0.992. The van der Waals surface area contributed by atoms with Gasteiger partial charge >= 0.3 is 0 Å². The zero-order valence-corrected chi connectivity index (χ0v) is 9.54. The second kappa shape index (κ2) is 6.02. The van der Waals surface area contributed by atoms with E-state index in [4.69, 9.17) is 0 Å². The molecule has 1 rings (SSSR count). The molecular weight excluding hydrogens is 228 g/mol. The van der Waals surface area contributed by atoms with Crippen LogP contribution < -0.4 is 10.4 Å². The van der Waals surface area contributed by atoms with Crippen LogP contribution in [0.3, 0.4) is 0 Å². The molecule has 1 N–H and O–H groups in total.